The summed E-state index contributed by atoms with van der Waals surface area (Å²) in [6.07, 6.45) is 9.34. The van der Waals surface area contributed by atoms with E-state index < -0.39 is 6.10 Å². The SMILES string of the molecule is C#CCOc1ccc(Br)cc1/C=N/NC(=O)C(C)Oc1ccc(OCCCCC)cc1. The number of hydrogen-bond donors (Lipinski definition) is 1. The number of carbonyl (C=O) groups excluding carboxylic acids is 1. The molecule has 7 heteroatoms. The van der Waals surface area contributed by atoms with Gasteiger partial charge in [0.05, 0.1) is 12.8 Å². The molecule has 1 N–H and O–H groups in total. The number of hydrogen-bond acceptors (Lipinski definition) is 5. The van der Waals surface area contributed by atoms with Crippen LogP contribution in [0.25, 0.3) is 0 Å². The molecule has 6 nitrogen and oxygen atoms in total. The molecule has 0 fully saturated rings. The number of benzene rings is 2. The molecule has 1 amide bonds. The Hall–Kier alpha value is -2.98. The van der Waals surface area contributed by atoms with Crippen molar-refractivity contribution < 1.29 is 19.0 Å². The van der Waals surface area contributed by atoms with Gasteiger partial charge in [-0.05, 0) is 55.8 Å². The molecule has 0 saturated carbocycles. The third-order valence-electron chi connectivity index (χ3n) is 4.18. The first-order valence-electron chi connectivity index (χ1n) is 10.1. The van der Waals surface area contributed by atoms with Crippen LogP contribution in [0.3, 0.4) is 0 Å². The Morgan fingerprint density at radius 3 is 2.65 bits per heavy atom. The van der Waals surface area contributed by atoms with E-state index in [0.717, 1.165) is 29.5 Å². The first-order chi connectivity index (χ1) is 15.0. The summed E-state index contributed by atoms with van der Waals surface area (Å²) < 4.78 is 17.7. The number of unbranched alkanes of at least 4 members (excludes halogenated alkanes) is 2. The molecule has 0 aromatic heterocycles. The second-order valence-electron chi connectivity index (χ2n) is 6.70. The zero-order chi connectivity index (χ0) is 22.5. The molecule has 0 aliphatic heterocycles. The topological polar surface area (TPSA) is 69.2 Å². The Balaban J connectivity index is 1.86. The van der Waals surface area contributed by atoms with Crippen LogP contribution in [0.4, 0.5) is 0 Å². The Labute approximate surface area is 192 Å². The third kappa shape index (κ3) is 8.73. The Kier molecular flexibility index (Phi) is 10.5. The predicted octanol–water partition coefficient (Wildman–Crippen LogP) is 4.95. The standard InChI is InChI=1S/C24H27BrN2O4/c1-4-6-7-15-29-21-9-11-22(12-10-21)31-18(3)24(28)27-26-17-19-16-20(25)8-13-23(19)30-14-5-2/h2,8-13,16-18H,4,6-7,14-15H2,1,3H3,(H,27,28)/b26-17+. The molecule has 0 bridgehead atoms. The summed E-state index contributed by atoms with van der Waals surface area (Å²) in [6.45, 7) is 4.64. The van der Waals surface area contributed by atoms with Crippen molar-refractivity contribution in [1.29, 1.82) is 0 Å². The van der Waals surface area contributed by atoms with Crippen LogP contribution in [0.2, 0.25) is 0 Å². The minimum absolute atomic E-state index is 0.141. The Morgan fingerprint density at radius 1 is 1.19 bits per heavy atom. The Bertz CT molecular complexity index is 907. The number of nitrogens with one attached hydrogen (secondary N) is 1. The van der Waals surface area contributed by atoms with Gasteiger partial charge in [-0.2, -0.15) is 5.10 Å². The monoisotopic (exact) mass is 486 g/mol. The minimum atomic E-state index is -0.729. The molecule has 2 rings (SSSR count). The highest BCUT2D eigenvalue weighted by Gasteiger charge is 2.14. The quantitative estimate of drug-likeness (QED) is 0.199. The first kappa shape index (κ1) is 24.3. The highest BCUT2D eigenvalue weighted by atomic mass is 79.9. The Morgan fingerprint density at radius 2 is 1.94 bits per heavy atom. The molecule has 2 aromatic rings. The van der Waals surface area contributed by atoms with E-state index in [2.05, 4.69) is 39.3 Å². The summed E-state index contributed by atoms with van der Waals surface area (Å²) in [5, 5.41) is 4.00. The van der Waals surface area contributed by atoms with Crippen molar-refractivity contribution in [3.05, 3.63) is 52.5 Å². The van der Waals surface area contributed by atoms with E-state index in [1.165, 1.54) is 6.21 Å². The van der Waals surface area contributed by atoms with E-state index in [1.54, 1.807) is 25.1 Å². The average Bonchev–Trinajstić information content (AvgIpc) is 2.77. The van der Waals surface area contributed by atoms with Gasteiger partial charge in [0.25, 0.3) is 5.91 Å². The van der Waals surface area contributed by atoms with Gasteiger partial charge in [-0.15, -0.1) is 6.42 Å². The molecule has 0 aliphatic rings. The van der Waals surface area contributed by atoms with Gasteiger partial charge in [0, 0.05) is 10.0 Å². The predicted molar refractivity (Wildman–Crippen MR) is 126 cm³/mol. The van der Waals surface area contributed by atoms with Gasteiger partial charge in [-0.25, -0.2) is 5.43 Å². The zero-order valence-electron chi connectivity index (χ0n) is 17.8. The fourth-order valence-corrected chi connectivity index (χ4v) is 2.92. The van der Waals surface area contributed by atoms with Crippen molar-refractivity contribution in [3.63, 3.8) is 0 Å². The normalized spacial score (nSPS) is 11.5. The van der Waals surface area contributed by atoms with Crippen LogP contribution in [-0.4, -0.2) is 31.4 Å². The largest absolute Gasteiger partial charge is 0.494 e. The molecule has 164 valence electrons. The smallest absolute Gasteiger partial charge is 0.280 e. The van der Waals surface area contributed by atoms with Crippen LogP contribution in [-0.2, 0) is 4.79 Å². The number of ether oxygens (including phenoxy) is 3. The maximum Gasteiger partial charge on any atom is 0.280 e. The molecule has 0 aliphatic carbocycles. The second-order valence-corrected chi connectivity index (χ2v) is 7.61. The number of terminal acetylenes is 1. The lowest BCUT2D eigenvalue weighted by Crippen LogP contribution is -2.33. The van der Waals surface area contributed by atoms with E-state index in [1.807, 2.05) is 24.3 Å². The van der Waals surface area contributed by atoms with Gasteiger partial charge >= 0.3 is 0 Å². The number of hydrazone groups is 1. The lowest BCUT2D eigenvalue weighted by molar-refractivity contribution is -0.127. The van der Waals surface area contributed by atoms with Crippen LogP contribution in [0.15, 0.2) is 52.0 Å². The molecular weight excluding hydrogens is 460 g/mol. The lowest BCUT2D eigenvalue weighted by Gasteiger charge is -2.13. The number of rotatable bonds is 12. The fraction of sp³-hybridized carbons (Fsp3) is 0.333. The van der Waals surface area contributed by atoms with Gasteiger partial charge < -0.3 is 14.2 Å². The van der Waals surface area contributed by atoms with Crippen molar-refractivity contribution in [2.24, 2.45) is 5.10 Å². The van der Waals surface area contributed by atoms with Crippen LogP contribution in [0, 0.1) is 12.3 Å². The molecular formula is C24H27BrN2O4. The van der Waals surface area contributed by atoms with Gasteiger partial charge in [0.15, 0.2) is 6.10 Å². The zero-order valence-corrected chi connectivity index (χ0v) is 19.4. The van der Waals surface area contributed by atoms with Gasteiger partial charge in [0.2, 0.25) is 0 Å². The number of carbonyl (C=O) groups is 1. The molecule has 1 atom stereocenters. The summed E-state index contributed by atoms with van der Waals surface area (Å²) in [4.78, 5) is 12.3. The summed E-state index contributed by atoms with van der Waals surface area (Å²) in [7, 11) is 0. The second kappa shape index (κ2) is 13.3. The summed E-state index contributed by atoms with van der Waals surface area (Å²) in [6, 6.07) is 12.6. The highest BCUT2D eigenvalue weighted by Crippen LogP contribution is 2.22. The molecule has 1 unspecified atom stereocenters. The van der Waals surface area contributed by atoms with E-state index >= 15 is 0 Å². The lowest BCUT2D eigenvalue weighted by atomic mass is 10.2. The molecule has 31 heavy (non-hydrogen) atoms. The van der Waals surface area contributed by atoms with Gasteiger partial charge in [-0.3, -0.25) is 4.79 Å². The van der Waals surface area contributed by atoms with Gasteiger partial charge in [0.1, 0.15) is 23.9 Å². The van der Waals surface area contributed by atoms with E-state index in [9.17, 15) is 4.79 Å². The number of amides is 1. The molecule has 0 saturated heterocycles. The van der Waals surface area contributed by atoms with E-state index in [4.69, 9.17) is 20.6 Å². The summed E-state index contributed by atoms with van der Waals surface area (Å²) in [5.74, 6) is 3.96. The highest BCUT2D eigenvalue weighted by molar-refractivity contribution is 9.10. The van der Waals surface area contributed by atoms with Crippen molar-refractivity contribution in [2.75, 3.05) is 13.2 Å². The van der Waals surface area contributed by atoms with E-state index in [-0.39, 0.29) is 12.5 Å². The van der Waals surface area contributed by atoms with Crippen LogP contribution in [0.5, 0.6) is 17.2 Å². The average molecular weight is 487 g/mol. The van der Waals surface area contributed by atoms with E-state index in [0.29, 0.717) is 23.7 Å². The molecule has 2 aromatic carbocycles. The third-order valence-corrected chi connectivity index (χ3v) is 4.68. The van der Waals surface area contributed by atoms with Crippen LogP contribution < -0.4 is 19.6 Å². The number of nitrogens with zero attached hydrogens (tertiary/aromatic N) is 1. The van der Waals surface area contributed by atoms with Crippen LogP contribution in [0.1, 0.15) is 38.7 Å². The molecule has 0 heterocycles. The maximum atomic E-state index is 12.3. The fourth-order valence-electron chi connectivity index (χ4n) is 2.54. The van der Waals surface area contributed by atoms with Crippen molar-refractivity contribution in [2.45, 2.75) is 39.2 Å². The summed E-state index contributed by atoms with van der Waals surface area (Å²) in [5.41, 5.74) is 3.15. The number of halogens is 1. The van der Waals surface area contributed by atoms with Gasteiger partial charge in [-0.1, -0.05) is 41.6 Å². The van der Waals surface area contributed by atoms with Crippen LogP contribution >= 0.6 is 15.9 Å². The molecule has 0 radical (unpaired) electrons. The van der Waals surface area contributed by atoms with Crippen molar-refractivity contribution in [1.82, 2.24) is 5.43 Å². The first-order valence-corrected chi connectivity index (χ1v) is 10.9. The van der Waals surface area contributed by atoms with Crippen molar-refractivity contribution >= 4 is 28.1 Å². The maximum absolute atomic E-state index is 12.3. The minimum Gasteiger partial charge on any atom is -0.494 e. The summed E-state index contributed by atoms with van der Waals surface area (Å²) >= 11 is 3.40. The molecule has 0 spiro atoms. The van der Waals surface area contributed by atoms with Crippen molar-refractivity contribution in [3.8, 4) is 29.6 Å².